The van der Waals surface area contributed by atoms with Crippen molar-refractivity contribution in [3.63, 3.8) is 0 Å². The van der Waals surface area contributed by atoms with Crippen LogP contribution in [0.1, 0.15) is 22.9 Å². The predicted molar refractivity (Wildman–Crippen MR) is 116 cm³/mol. The van der Waals surface area contributed by atoms with Crippen LogP contribution in [0.5, 0.6) is 11.5 Å². The Bertz CT molecular complexity index is 1060. The Labute approximate surface area is 185 Å². The highest BCUT2D eigenvalue weighted by Gasteiger charge is 2.41. The largest absolute Gasteiger partial charge is 0.508 e. The van der Waals surface area contributed by atoms with E-state index in [4.69, 9.17) is 27.9 Å². The van der Waals surface area contributed by atoms with Crippen molar-refractivity contribution in [1.82, 2.24) is 10.2 Å². The van der Waals surface area contributed by atoms with Gasteiger partial charge >= 0.3 is 0 Å². The number of nitrogens with zero attached hydrogens (tertiary/aromatic N) is 3. The topological polar surface area (TPSA) is 75.6 Å². The van der Waals surface area contributed by atoms with Gasteiger partial charge in [0, 0.05) is 5.02 Å². The second-order valence-corrected chi connectivity index (χ2v) is 9.59. The Hall–Kier alpha value is -2.00. The van der Waals surface area contributed by atoms with Crippen LogP contribution in [-0.4, -0.2) is 26.5 Å². The molecule has 10 heteroatoms. The van der Waals surface area contributed by atoms with Crippen molar-refractivity contribution >= 4 is 57.3 Å². The minimum absolute atomic E-state index is 0.0484. The fourth-order valence-electron chi connectivity index (χ4n) is 2.86. The monoisotopic (exact) mass is 467 g/mol. The molecule has 150 valence electrons. The number of carbonyl (C=O) groups excluding carboxylic acids is 1. The van der Waals surface area contributed by atoms with Crippen molar-refractivity contribution in [2.45, 2.75) is 24.2 Å². The average Bonchev–Trinajstić information content (AvgIpc) is 3.26. The molecular weight excluding hydrogens is 453 g/mol. The molecule has 1 aliphatic heterocycles. The molecule has 0 aliphatic carbocycles. The zero-order valence-corrected chi connectivity index (χ0v) is 18.2. The molecule has 1 fully saturated rings. The molecule has 0 saturated carbocycles. The smallest absolute Gasteiger partial charge is 0.242 e. The summed E-state index contributed by atoms with van der Waals surface area (Å²) < 4.78 is 5.70. The van der Waals surface area contributed by atoms with Gasteiger partial charge in [-0.1, -0.05) is 46.7 Å². The quantitative estimate of drug-likeness (QED) is 0.548. The third-order valence-corrected chi connectivity index (χ3v) is 6.99. The molecule has 2 unspecified atom stereocenters. The molecule has 1 amide bonds. The third-order valence-electron chi connectivity index (χ3n) is 4.22. The number of ether oxygens (including phenoxy) is 1. The number of aromatic nitrogens is 2. The van der Waals surface area contributed by atoms with E-state index in [2.05, 4.69) is 10.2 Å². The summed E-state index contributed by atoms with van der Waals surface area (Å²) in [5.74, 6) is 0.598. The number of benzene rings is 2. The number of aromatic hydroxyl groups is 1. The van der Waals surface area contributed by atoms with Gasteiger partial charge in [-0.05, 0) is 42.8 Å². The highest BCUT2D eigenvalue weighted by molar-refractivity contribution is 8.01. The second kappa shape index (κ2) is 8.39. The predicted octanol–water partition coefficient (Wildman–Crippen LogP) is 5.30. The van der Waals surface area contributed by atoms with Crippen LogP contribution >= 0.6 is 46.3 Å². The van der Waals surface area contributed by atoms with E-state index in [1.165, 1.54) is 23.1 Å². The molecule has 29 heavy (non-hydrogen) atoms. The summed E-state index contributed by atoms with van der Waals surface area (Å²) in [6.45, 7) is 2.02. The molecule has 1 N–H and O–H groups in total. The zero-order valence-electron chi connectivity index (χ0n) is 15.1. The van der Waals surface area contributed by atoms with Crippen LogP contribution in [0.25, 0.3) is 0 Å². The van der Waals surface area contributed by atoms with Crippen LogP contribution in [-0.2, 0) is 11.4 Å². The van der Waals surface area contributed by atoms with Gasteiger partial charge in [-0.25, -0.2) is 0 Å². The van der Waals surface area contributed by atoms with Gasteiger partial charge in [0.1, 0.15) is 23.5 Å². The van der Waals surface area contributed by atoms with E-state index in [0.29, 0.717) is 25.9 Å². The van der Waals surface area contributed by atoms with Crippen LogP contribution in [0.2, 0.25) is 10.0 Å². The van der Waals surface area contributed by atoms with Gasteiger partial charge in [0.25, 0.3) is 0 Å². The molecule has 1 saturated heterocycles. The highest BCUT2D eigenvalue weighted by atomic mass is 35.5. The fraction of sp³-hybridized carbons (Fsp3) is 0.211. The summed E-state index contributed by atoms with van der Waals surface area (Å²) >= 11 is 14.8. The van der Waals surface area contributed by atoms with Crippen LogP contribution in [0.3, 0.4) is 0 Å². The van der Waals surface area contributed by atoms with Gasteiger partial charge in [0.15, 0.2) is 5.01 Å². The number of thioether (sulfide) groups is 1. The van der Waals surface area contributed by atoms with Crippen LogP contribution < -0.4 is 9.64 Å². The van der Waals surface area contributed by atoms with Crippen LogP contribution in [0.15, 0.2) is 42.5 Å². The summed E-state index contributed by atoms with van der Waals surface area (Å²) in [4.78, 5) is 14.4. The molecule has 0 bridgehead atoms. The Morgan fingerprint density at radius 2 is 2.03 bits per heavy atom. The molecule has 1 aromatic heterocycles. The Balaban J connectivity index is 1.54. The van der Waals surface area contributed by atoms with E-state index in [9.17, 15) is 9.90 Å². The molecule has 3 aromatic rings. The number of carbonyl (C=O) groups is 1. The van der Waals surface area contributed by atoms with Crippen molar-refractivity contribution in [3.8, 4) is 11.5 Å². The summed E-state index contributed by atoms with van der Waals surface area (Å²) in [5.41, 5.74) is 0.827. The van der Waals surface area contributed by atoms with Crippen molar-refractivity contribution in [2.24, 2.45) is 0 Å². The number of phenolic OH excluding ortho intramolecular Hbond substituents is 1. The number of hydrogen-bond donors (Lipinski definition) is 1. The van der Waals surface area contributed by atoms with Crippen LogP contribution in [0, 0.1) is 0 Å². The molecule has 4 rings (SSSR count). The third kappa shape index (κ3) is 4.30. The molecule has 0 spiro atoms. The van der Waals surface area contributed by atoms with Gasteiger partial charge in [-0.3, -0.25) is 9.69 Å². The van der Waals surface area contributed by atoms with Crippen molar-refractivity contribution in [3.05, 3.63) is 63.1 Å². The minimum Gasteiger partial charge on any atom is -0.508 e. The molecule has 2 heterocycles. The van der Waals surface area contributed by atoms with Crippen molar-refractivity contribution in [1.29, 1.82) is 0 Å². The molecule has 6 nitrogen and oxygen atoms in total. The van der Waals surface area contributed by atoms with E-state index >= 15 is 0 Å². The van der Waals surface area contributed by atoms with Gasteiger partial charge in [0.2, 0.25) is 11.0 Å². The maximum Gasteiger partial charge on any atom is 0.242 e. The maximum atomic E-state index is 12.8. The lowest BCUT2D eigenvalue weighted by molar-refractivity contribution is -0.117. The van der Waals surface area contributed by atoms with Gasteiger partial charge in [-0.15, -0.1) is 22.0 Å². The van der Waals surface area contributed by atoms with Gasteiger partial charge in [0.05, 0.1) is 10.3 Å². The highest BCUT2D eigenvalue weighted by Crippen LogP contribution is 2.46. The van der Waals surface area contributed by atoms with Crippen molar-refractivity contribution in [2.75, 3.05) is 4.90 Å². The molecule has 0 radical (unpaired) electrons. The maximum absolute atomic E-state index is 12.8. The fourth-order valence-corrected chi connectivity index (χ4v) is 5.42. The number of amides is 1. The van der Waals surface area contributed by atoms with E-state index in [1.54, 1.807) is 41.3 Å². The molecule has 1 aliphatic rings. The van der Waals surface area contributed by atoms with E-state index < -0.39 is 0 Å². The lowest BCUT2D eigenvalue weighted by Gasteiger charge is -2.20. The molecule has 2 atom stereocenters. The first-order valence-electron chi connectivity index (χ1n) is 8.60. The van der Waals surface area contributed by atoms with E-state index in [0.717, 1.165) is 5.56 Å². The average molecular weight is 468 g/mol. The summed E-state index contributed by atoms with van der Waals surface area (Å²) in [6, 6.07) is 11.9. The normalized spacial score (nSPS) is 19.0. The first-order chi connectivity index (χ1) is 13.9. The summed E-state index contributed by atoms with van der Waals surface area (Å²) in [6.07, 6.45) is 0. The van der Waals surface area contributed by atoms with Crippen molar-refractivity contribution < 1.29 is 14.6 Å². The Morgan fingerprint density at radius 3 is 2.79 bits per heavy atom. The first kappa shape index (κ1) is 20.3. The van der Waals surface area contributed by atoms with Gasteiger partial charge in [-0.2, -0.15) is 0 Å². The summed E-state index contributed by atoms with van der Waals surface area (Å²) in [5, 5.41) is 19.7. The number of phenols is 1. The number of anilines is 1. The lowest BCUT2D eigenvalue weighted by atomic mass is 10.2. The first-order valence-corrected chi connectivity index (χ1v) is 11.1. The second-order valence-electron chi connectivity index (χ2n) is 6.28. The zero-order chi connectivity index (χ0) is 20.5. The Morgan fingerprint density at radius 1 is 1.21 bits per heavy atom. The van der Waals surface area contributed by atoms with Gasteiger partial charge < -0.3 is 9.84 Å². The molecule has 2 aromatic carbocycles. The van der Waals surface area contributed by atoms with E-state index in [1.807, 2.05) is 13.0 Å². The summed E-state index contributed by atoms with van der Waals surface area (Å²) in [7, 11) is 0. The number of hydrogen-bond acceptors (Lipinski definition) is 7. The van der Waals surface area contributed by atoms with Crippen LogP contribution in [0.4, 0.5) is 5.13 Å². The lowest BCUT2D eigenvalue weighted by Crippen LogP contribution is -2.30. The molecular formula is C19H15Cl2N3O3S2. The van der Waals surface area contributed by atoms with E-state index in [-0.39, 0.29) is 28.9 Å². The Kier molecular flexibility index (Phi) is 5.87. The minimum atomic E-state index is -0.281. The number of rotatable bonds is 5. The number of halogens is 2. The standard InChI is InChI=1S/C19H15Cl2N3O3S2/c1-10-17(26)24(18(28-10)11-3-2-4-13(25)7-11)19-23-22-16(29-19)9-27-15-6-5-12(20)8-14(15)21/h2-8,10,18,25H,9H2,1H3. The SMILES string of the molecule is CC1SC(c2cccc(O)c2)N(c2nnc(COc3ccc(Cl)cc3Cl)s2)C1=O.